The number of halogens is 4. The summed E-state index contributed by atoms with van der Waals surface area (Å²) in [4.78, 5) is 9.82. The zero-order valence-electron chi connectivity index (χ0n) is 9.85. The number of ether oxygens (including phenoxy) is 1. The summed E-state index contributed by atoms with van der Waals surface area (Å²) in [5.41, 5.74) is -0.678. The highest BCUT2D eigenvalue weighted by atomic mass is 35.5. The number of non-ortho nitro benzene ring substituents is 1. The van der Waals surface area contributed by atoms with Crippen LogP contribution >= 0.6 is 11.6 Å². The molecule has 0 amide bonds. The molecule has 20 heavy (non-hydrogen) atoms. The number of aliphatic hydroxyl groups is 1. The predicted octanol–water partition coefficient (Wildman–Crippen LogP) is 2.51. The van der Waals surface area contributed by atoms with Crippen molar-refractivity contribution in [2.75, 3.05) is 17.7 Å². The van der Waals surface area contributed by atoms with Gasteiger partial charge in [-0.05, 0) is 6.07 Å². The van der Waals surface area contributed by atoms with Crippen LogP contribution < -0.4 is 10.1 Å². The summed E-state index contributed by atoms with van der Waals surface area (Å²) in [5, 5.41) is 22.2. The number of aliphatic hydroxyl groups excluding tert-OH is 1. The number of alkyl halides is 4. The Morgan fingerprint density at radius 2 is 2.15 bits per heavy atom. The van der Waals surface area contributed by atoms with E-state index in [-0.39, 0.29) is 18.1 Å². The maximum absolute atomic E-state index is 12.2. The first-order valence-corrected chi connectivity index (χ1v) is 5.78. The van der Waals surface area contributed by atoms with E-state index in [0.717, 1.165) is 18.2 Å². The minimum Gasteiger partial charge on any atom is -0.404 e. The van der Waals surface area contributed by atoms with Crippen molar-refractivity contribution >= 4 is 23.0 Å². The smallest absolute Gasteiger partial charge is 0.404 e. The Labute approximate surface area is 116 Å². The fraction of sp³-hybridized carbons (Fsp3) is 0.400. The van der Waals surface area contributed by atoms with Crippen LogP contribution in [0.25, 0.3) is 0 Å². The molecule has 1 aromatic carbocycles. The lowest BCUT2D eigenvalue weighted by Crippen LogP contribution is -2.22. The van der Waals surface area contributed by atoms with E-state index in [2.05, 4.69) is 10.1 Å². The summed E-state index contributed by atoms with van der Waals surface area (Å²) in [6.45, 7) is -0.182. The molecular formula is C10H10ClF3N2O4. The molecule has 0 fully saturated rings. The minimum atomic E-state index is -4.93. The van der Waals surface area contributed by atoms with Crippen LogP contribution in [0.4, 0.5) is 24.5 Å². The lowest BCUT2D eigenvalue weighted by molar-refractivity contribution is -0.384. The molecule has 0 bridgehead atoms. The second kappa shape index (κ2) is 6.62. The highest BCUT2D eigenvalue weighted by Crippen LogP contribution is 2.33. The quantitative estimate of drug-likeness (QED) is 0.479. The number of hydrogen-bond acceptors (Lipinski definition) is 5. The number of nitrogens with zero attached hydrogens (tertiary/aromatic N) is 1. The molecule has 0 aromatic heterocycles. The van der Waals surface area contributed by atoms with Crippen molar-refractivity contribution < 1.29 is 27.9 Å². The Morgan fingerprint density at radius 3 is 2.65 bits per heavy atom. The number of nitro benzene ring substituents is 1. The maximum atomic E-state index is 12.2. The van der Waals surface area contributed by atoms with Crippen molar-refractivity contribution in [3.05, 3.63) is 28.3 Å². The average Bonchev–Trinajstić information content (AvgIpc) is 2.35. The van der Waals surface area contributed by atoms with E-state index in [0.29, 0.717) is 0 Å². The van der Waals surface area contributed by atoms with Crippen molar-refractivity contribution in [1.29, 1.82) is 0 Å². The lowest BCUT2D eigenvalue weighted by Gasteiger charge is -2.15. The molecule has 2 N–H and O–H groups in total. The van der Waals surface area contributed by atoms with E-state index >= 15 is 0 Å². The predicted molar refractivity (Wildman–Crippen MR) is 65.0 cm³/mol. The second-order valence-electron chi connectivity index (χ2n) is 3.67. The van der Waals surface area contributed by atoms with Gasteiger partial charge in [-0.1, -0.05) is 0 Å². The van der Waals surface area contributed by atoms with Gasteiger partial charge in [0.05, 0.1) is 22.6 Å². The second-order valence-corrected chi connectivity index (χ2v) is 3.98. The third-order valence-corrected chi connectivity index (χ3v) is 2.46. The largest absolute Gasteiger partial charge is 0.573 e. The van der Waals surface area contributed by atoms with Gasteiger partial charge in [0.25, 0.3) is 5.69 Å². The van der Waals surface area contributed by atoms with Crippen LogP contribution in [-0.4, -0.2) is 34.9 Å². The van der Waals surface area contributed by atoms with Crippen molar-refractivity contribution in [2.24, 2.45) is 0 Å². The van der Waals surface area contributed by atoms with Crippen molar-refractivity contribution in [2.45, 2.75) is 12.5 Å². The summed E-state index contributed by atoms with van der Waals surface area (Å²) in [5.74, 6) is -0.776. The third kappa shape index (κ3) is 5.10. The van der Waals surface area contributed by atoms with Gasteiger partial charge in [-0.15, -0.1) is 24.8 Å². The van der Waals surface area contributed by atoms with Gasteiger partial charge in [-0.2, -0.15) is 0 Å². The highest BCUT2D eigenvalue weighted by molar-refractivity contribution is 6.18. The van der Waals surface area contributed by atoms with Gasteiger partial charge in [0.1, 0.15) is 0 Å². The summed E-state index contributed by atoms with van der Waals surface area (Å²) < 4.78 is 40.3. The molecule has 0 saturated carbocycles. The Morgan fingerprint density at radius 1 is 1.50 bits per heavy atom. The number of nitro groups is 1. The standard InChI is InChI=1S/C10H10ClF3N2O4/c11-4-7(17)5-15-8-3-6(16(18)19)1-2-9(8)20-10(12,13)14/h1-3,7,15,17H,4-5H2. The number of benzene rings is 1. The molecule has 0 aliphatic rings. The van der Waals surface area contributed by atoms with Gasteiger partial charge < -0.3 is 15.2 Å². The molecule has 0 aliphatic carbocycles. The monoisotopic (exact) mass is 314 g/mol. The van der Waals surface area contributed by atoms with Crippen LogP contribution in [0, 0.1) is 10.1 Å². The summed E-state index contributed by atoms with van der Waals surface area (Å²) in [6, 6.07) is 2.58. The summed E-state index contributed by atoms with van der Waals surface area (Å²) >= 11 is 5.34. The molecular weight excluding hydrogens is 305 g/mol. The fourth-order valence-corrected chi connectivity index (χ4v) is 1.37. The molecule has 0 radical (unpaired) electrons. The van der Waals surface area contributed by atoms with Crippen molar-refractivity contribution in [3.63, 3.8) is 0 Å². The normalized spacial score (nSPS) is 12.8. The van der Waals surface area contributed by atoms with Crippen LogP contribution in [0.1, 0.15) is 0 Å². The van der Waals surface area contributed by atoms with E-state index < -0.39 is 28.8 Å². The first-order valence-electron chi connectivity index (χ1n) is 5.25. The van der Waals surface area contributed by atoms with Gasteiger partial charge in [-0.3, -0.25) is 10.1 Å². The molecule has 1 unspecified atom stereocenters. The van der Waals surface area contributed by atoms with E-state index in [4.69, 9.17) is 11.6 Å². The lowest BCUT2D eigenvalue weighted by atomic mass is 10.2. The number of nitrogens with one attached hydrogen (secondary N) is 1. The average molecular weight is 315 g/mol. The van der Waals surface area contributed by atoms with Gasteiger partial charge in [0.2, 0.25) is 0 Å². The van der Waals surface area contributed by atoms with Gasteiger partial charge in [0, 0.05) is 18.7 Å². The van der Waals surface area contributed by atoms with Crippen molar-refractivity contribution in [1.82, 2.24) is 0 Å². The molecule has 0 heterocycles. The van der Waals surface area contributed by atoms with Crippen LogP contribution in [0.2, 0.25) is 0 Å². The first kappa shape index (κ1) is 16.3. The van der Waals surface area contributed by atoms with Crippen LogP contribution in [0.5, 0.6) is 5.75 Å². The molecule has 10 heteroatoms. The molecule has 1 aromatic rings. The molecule has 0 aliphatic heterocycles. The molecule has 1 atom stereocenters. The Balaban J connectivity index is 3.00. The van der Waals surface area contributed by atoms with E-state index in [1.165, 1.54) is 0 Å². The SMILES string of the molecule is O=[N+]([O-])c1ccc(OC(F)(F)F)c(NCC(O)CCl)c1. The maximum Gasteiger partial charge on any atom is 0.573 e. The Bertz CT molecular complexity index is 484. The third-order valence-electron chi connectivity index (χ3n) is 2.11. The number of hydrogen-bond donors (Lipinski definition) is 2. The van der Waals surface area contributed by atoms with Crippen molar-refractivity contribution in [3.8, 4) is 5.75 Å². The topological polar surface area (TPSA) is 84.6 Å². The number of anilines is 1. The zero-order chi connectivity index (χ0) is 15.3. The highest BCUT2D eigenvalue weighted by Gasteiger charge is 2.32. The van der Waals surface area contributed by atoms with Gasteiger partial charge >= 0.3 is 6.36 Å². The Hall–Kier alpha value is -1.74. The molecule has 6 nitrogen and oxygen atoms in total. The van der Waals surface area contributed by atoms with Crippen LogP contribution in [-0.2, 0) is 0 Å². The molecule has 112 valence electrons. The van der Waals surface area contributed by atoms with E-state index in [9.17, 15) is 28.4 Å². The first-order chi connectivity index (χ1) is 9.23. The van der Waals surface area contributed by atoms with Crippen LogP contribution in [0.15, 0.2) is 18.2 Å². The van der Waals surface area contributed by atoms with Gasteiger partial charge in [0.15, 0.2) is 5.75 Å². The number of rotatable bonds is 6. The van der Waals surface area contributed by atoms with E-state index in [1.807, 2.05) is 0 Å². The fourth-order valence-electron chi connectivity index (χ4n) is 1.27. The van der Waals surface area contributed by atoms with E-state index in [1.54, 1.807) is 0 Å². The Kier molecular flexibility index (Phi) is 5.40. The summed E-state index contributed by atoms with van der Waals surface area (Å²) in [6.07, 6.45) is -5.95. The summed E-state index contributed by atoms with van der Waals surface area (Å²) in [7, 11) is 0. The van der Waals surface area contributed by atoms with Gasteiger partial charge in [-0.25, -0.2) is 0 Å². The molecule has 0 spiro atoms. The molecule has 0 saturated heterocycles. The minimum absolute atomic E-state index is 0.141. The molecule has 1 rings (SSSR count). The zero-order valence-corrected chi connectivity index (χ0v) is 10.6. The van der Waals surface area contributed by atoms with Crippen LogP contribution in [0.3, 0.4) is 0 Å².